The first kappa shape index (κ1) is 15.9. The van der Waals surface area contributed by atoms with Crippen LogP contribution in [0.4, 0.5) is 11.6 Å². The summed E-state index contributed by atoms with van der Waals surface area (Å²) < 4.78 is 1.78. The van der Waals surface area contributed by atoms with Crippen molar-refractivity contribution in [1.29, 1.82) is 0 Å². The highest BCUT2D eigenvalue weighted by Gasteiger charge is 2.32. The quantitative estimate of drug-likeness (QED) is 0.553. The molecule has 0 unspecified atom stereocenters. The highest BCUT2D eigenvalue weighted by molar-refractivity contribution is 5.93. The molecule has 1 aliphatic heterocycles. The molecule has 4 aromatic rings. The third-order valence-electron chi connectivity index (χ3n) is 5.33. The second kappa shape index (κ2) is 5.87. The van der Waals surface area contributed by atoms with Crippen LogP contribution in [-0.2, 0) is 0 Å². The number of nitrogens with zero attached hydrogens (tertiary/aromatic N) is 8. The Morgan fingerprint density at radius 1 is 0.926 bits per heavy atom. The molecule has 8 nitrogen and oxygen atoms in total. The fraction of sp³-hybridized carbons (Fsp3) is 0.316. The third-order valence-corrected chi connectivity index (χ3v) is 5.33. The Kier molecular flexibility index (Phi) is 3.46. The molecule has 0 N–H and O–H groups in total. The zero-order chi connectivity index (χ0) is 18.5. The molecule has 136 valence electrons. The number of aryl methyl sites for hydroxylation is 2. The molecular formula is C19H20N8. The lowest BCUT2D eigenvalue weighted by molar-refractivity contribution is 0.486. The molecule has 0 atom stereocenters. The zero-order valence-corrected chi connectivity index (χ0v) is 15.5. The highest BCUT2D eigenvalue weighted by atomic mass is 15.4. The Hall–Kier alpha value is -3.29. The second-order valence-corrected chi connectivity index (χ2v) is 7.03. The maximum Gasteiger partial charge on any atom is 0.178 e. The van der Waals surface area contributed by atoms with Gasteiger partial charge in [0.1, 0.15) is 5.82 Å². The van der Waals surface area contributed by atoms with Crippen LogP contribution in [0.25, 0.3) is 16.4 Å². The van der Waals surface area contributed by atoms with E-state index in [4.69, 9.17) is 0 Å². The van der Waals surface area contributed by atoms with Crippen molar-refractivity contribution in [1.82, 2.24) is 30.0 Å². The predicted molar refractivity (Wildman–Crippen MR) is 104 cm³/mol. The number of fused-ring (bicyclic) bond motifs is 2. The van der Waals surface area contributed by atoms with Crippen LogP contribution in [0.15, 0.2) is 36.4 Å². The summed E-state index contributed by atoms with van der Waals surface area (Å²) in [6.45, 7) is 5.68. The minimum absolute atomic E-state index is 0.366. The molecular weight excluding hydrogens is 340 g/mol. The average molecular weight is 360 g/mol. The van der Waals surface area contributed by atoms with Crippen molar-refractivity contribution >= 4 is 28.1 Å². The Bertz CT molecular complexity index is 1150. The second-order valence-electron chi connectivity index (χ2n) is 7.03. The smallest absolute Gasteiger partial charge is 0.178 e. The molecule has 1 saturated heterocycles. The average Bonchev–Trinajstić information content (AvgIpc) is 3.02. The van der Waals surface area contributed by atoms with Crippen molar-refractivity contribution in [2.45, 2.75) is 19.9 Å². The first-order valence-electron chi connectivity index (χ1n) is 9.00. The molecule has 0 radical (unpaired) electrons. The monoisotopic (exact) mass is 360 g/mol. The van der Waals surface area contributed by atoms with E-state index in [-0.39, 0.29) is 0 Å². The first-order chi connectivity index (χ1) is 13.1. The highest BCUT2D eigenvalue weighted by Crippen LogP contribution is 2.29. The lowest BCUT2D eigenvalue weighted by Gasteiger charge is -2.45. The number of likely N-dealkylation sites (N-methyl/N-ethyl adjacent to an activating group) is 1. The summed E-state index contributed by atoms with van der Waals surface area (Å²) in [5.74, 6) is 2.66. The van der Waals surface area contributed by atoms with Gasteiger partial charge < -0.3 is 9.80 Å². The minimum atomic E-state index is 0.366. The maximum atomic E-state index is 4.66. The minimum Gasteiger partial charge on any atom is -0.351 e. The van der Waals surface area contributed by atoms with Gasteiger partial charge in [-0.3, -0.25) is 0 Å². The van der Waals surface area contributed by atoms with E-state index >= 15 is 0 Å². The first-order valence-corrected chi connectivity index (χ1v) is 9.00. The van der Waals surface area contributed by atoms with Gasteiger partial charge in [-0.25, -0.2) is 0 Å². The lowest BCUT2D eigenvalue weighted by Crippen LogP contribution is -2.59. The van der Waals surface area contributed by atoms with Crippen molar-refractivity contribution in [3.8, 4) is 0 Å². The summed E-state index contributed by atoms with van der Waals surface area (Å²) in [6, 6.07) is 12.6. The lowest BCUT2D eigenvalue weighted by atomic mass is 10.1. The molecule has 4 heterocycles. The van der Waals surface area contributed by atoms with Crippen LogP contribution in [0.1, 0.15) is 11.5 Å². The van der Waals surface area contributed by atoms with Crippen LogP contribution in [0.5, 0.6) is 0 Å². The Morgan fingerprint density at radius 2 is 1.70 bits per heavy atom. The molecule has 3 aromatic heterocycles. The van der Waals surface area contributed by atoms with E-state index in [0.29, 0.717) is 6.04 Å². The summed E-state index contributed by atoms with van der Waals surface area (Å²) in [5, 5.41) is 23.9. The molecule has 0 amide bonds. The van der Waals surface area contributed by atoms with Gasteiger partial charge in [-0.15, -0.1) is 20.4 Å². The van der Waals surface area contributed by atoms with E-state index in [0.717, 1.165) is 52.7 Å². The van der Waals surface area contributed by atoms with Crippen molar-refractivity contribution in [2.24, 2.45) is 0 Å². The van der Waals surface area contributed by atoms with Crippen molar-refractivity contribution in [3.63, 3.8) is 0 Å². The summed E-state index contributed by atoms with van der Waals surface area (Å²) >= 11 is 0. The van der Waals surface area contributed by atoms with Gasteiger partial charge in [0.15, 0.2) is 17.3 Å². The fourth-order valence-electron chi connectivity index (χ4n) is 3.60. The van der Waals surface area contributed by atoms with Gasteiger partial charge >= 0.3 is 0 Å². The Morgan fingerprint density at radius 3 is 2.52 bits per heavy atom. The fourth-order valence-corrected chi connectivity index (χ4v) is 3.60. The molecule has 0 spiro atoms. The van der Waals surface area contributed by atoms with E-state index in [1.54, 1.807) is 4.52 Å². The van der Waals surface area contributed by atoms with Crippen LogP contribution in [0, 0.1) is 13.8 Å². The van der Waals surface area contributed by atoms with Crippen LogP contribution >= 0.6 is 0 Å². The molecule has 0 aliphatic carbocycles. The normalized spacial score (nSPS) is 14.7. The van der Waals surface area contributed by atoms with Gasteiger partial charge in [0.05, 0.1) is 11.7 Å². The van der Waals surface area contributed by atoms with E-state index in [1.807, 2.05) is 32.0 Å². The standard InChI is InChI=1S/C19H20N8/c1-12-15-6-4-5-7-16(15)19(23-20-12)25(3)14-10-26(11-14)18-9-8-17-22-21-13(2)27(17)24-18/h4-9,14H,10-11H2,1-3H3. The molecule has 27 heavy (non-hydrogen) atoms. The summed E-state index contributed by atoms with van der Waals surface area (Å²) in [4.78, 5) is 4.48. The van der Waals surface area contributed by atoms with E-state index in [2.05, 4.69) is 60.5 Å². The van der Waals surface area contributed by atoms with Gasteiger partial charge in [0.2, 0.25) is 0 Å². The number of aromatic nitrogens is 6. The molecule has 8 heteroatoms. The van der Waals surface area contributed by atoms with Crippen molar-refractivity contribution < 1.29 is 0 Å². The molecule has 0 saturated carbocycles. The molecule has 0 bridgehead atoms. The Labute approximate surface area is 156 Å². The van der Waals surface area contributed by atoms with Crippen molar-refractivity contribution in [2.75, 3.05) is 29.9 Å². The van der Waals surface area contributed by atoms with Crippen molar-refractivity contribution in [3.05, 3.63) is 47.9 Å². The third kappa shape index (κ3) is 2.48. The van der Waals surface area contributed by atoms with Gasteiger partial charge in [-0.1, -0.05) is 24.3 Å². The topological polar surface area (TPSA) is 75.3 Å². The number of hydrogen-bond donors (Lipinski definition) is 0. The SMILES string of the molecule is Cc1nnc(N(C)C2CN(c3ccc4nnc(C)n4n3)C2)c2ccccc12. The van der Waals surface area contributed by atoms with E-state index in [9.17, 15) is 0 Å². The van der Waals surface area contributed by atoms with Crippen LogP contribution in [0.3, 0.4) is 0 Å². The molecule has 1 aliphatic rings. The van der Waals surface area contributed by atoms with E-state index < -0.39 is 0 Å². The van der Waals surface area contributed by atoms with E-state index in [1.165, 1.54) is 0 Å². The molecule has 1 aromatic carbocycles. The molecule has 1 fully saturated rings. The predicted octanol–water partition coefficient (Wildman–Crippen LogP) is 2.01. The maximum absolute atomic E-state index is 4.66. The van der Waals surface area contributed by atoms with Gasteiger partial charge in [0, 0.05) is 30.9 Å². The van der Waals surface area contributed by atoms with Crippen LogP contribution in [0.2, 0.25) is 0 Å². The van der Waals surface area contributed by atoms with Crippen LogP contribution in [-0.4, -0.2) is 56.2 Å². The summed E-state index contributed by atoms with van der Waals surface area (Å²) in [6.07, 6.45) is 0. The van der Waals surface area contributed by atoms with Gasteiger partial charge in [0.25, 0.3) is 0 Å². The largest absolute Gasteiger partial charge is 0.351 e. The number of anilines is 2. The summed E-state index contributed by atoms with van der Waals surface area (Å²) in [7, 11) is 2.09. The number of benzene rings is 1. The number of hydrogen-bond acceptors (Lipinski definition) is 7. The van der Waals surface area contributed by atoms with Crippen LogP contribution < -0.4 is 9.80 Å². The van der Waals surface area contributed by atoms with Gasteiger partial charge in [-0.2, -0.15) is 9.61 Å². The summed E-state index contributed by atoms with van der Waals surface area (Å²) in [5.41, 5.74) is 1.73. The van der Waals surface area contributed by atoms with Gasteiger partial charge in [-0.05, 0) is 26.0 Å². The zero-order valence-electron chi connectivity index (χ0n) is 15.5. The number of rotatable bonds is 3. The molecule has 5 rings (SSSR count). The Balaban J connectivity index is 1.38.